The quantitative estimate of drug-likeness (QED) is 0.822. The van der Waals surface area contributed by atoms with Crippen LogP contribution in [0.2, 0.25) is 0 Å². The van der Waals surface area contributed by atoms with E-state index in [1.807, 2.05) is 0 Å². The number of hydrogen-bond acceptors (Lipinski definition) is 4. The molecule has 3 rings (SSSR count). The smallest absolute Gasteiger partial charge is 0.254 e. The molecule has 2 saturated heterocycles. The summed E-state index contributed by atoms with van der Waals surface area (Å²) in [5.74, 6) is -2.15. The molecule has 1 aromatic rings. The zero-order valence-electron chi connectivity index (χ0n) is 13.7. The molecular formula is C17H23F2N3O2. The van der Waals surface area contributed by atoms with Crippen LogP contribution in [0.5, 0.6) is 0 Å². The highest BCUT2D eigenvalue weighted by Gasteiger charge is 2.23. The summed E-state index contributed by atoms with van der Waals surface area (Å²) >= 11 is 0. The molecule has 0 spiro atoms. The second kappa shape index (κ2) is 8.00. The number of hydrogen-bond donors (Lipinski definition) is 0. The zero-order chi connectivity index (χ0) is 16.9. The average Bonchev–Trinajstić information content (AvgIpc) is 2.63. The van der Waals surface area contributed by atoms with Gasteiger partial charge in [0.25, 0.3) is 5.91 Å². The zero-order valence-corrected chi connectivity index (χ0v) is 13.7. The van der Waals surface area contributed by atoms with E-state index in [0.717, 1.165) is 64.6 Å². The van der Waals surface area contributed by atoms with Crippen LogP contribution in [-0.4, -0.2) is 86.2 Å². The van der Waals surface area contributed by atoms with Gasteiger partial charge in [0, 0.05) is 57.9 Å². The van der Waals surface area contributed by atoms with E-state index >= 15 is 0 Å². The number of nitrogens with zero attached hydrogens (tertiary/aromatic N) is 3. The Hall–Kier alpha value is -1.57. The Labute approximate surface area is 140 Å². The monoisotopic (exact) mass is 339 g/mol. The first-order chi connectivity index (χ1) is 11.6. The van der Waals surface area contributed by atoms with Gasteiger partial charge in [0.05, 0.1) is 13.2 Å². The third-order valence-corrected chi connectivity index (χ3v) is 4.66. The van der Waals surface area contributed by atoms with Gasteiger partial charge < -0.3 is 9.64 Å². The highest BCUT2D eigenvalue weighted by atomic mass is 19.2. The number of carbonyl (C=O) groups excluding carboxylic acids is 1. The van der Waals surface area contributed by atoms with Crippen molar-refractivity contribution in [1.29, 1.82) is 0 Å². The maximum absolute atomic E-state index is 13.3. The lowest BCUT2D eigenvalue weighted by molar-refractivity contribution is 0.0293. The van der Waals surface area contributed by atoms with E-state index in [0.29, 0.717) is 13.1 Å². The van der Waals surface area contributed by atoms with Crippen molar-refractivity contribution in [3.8, 4) is 0 Å². The third-order valence-electron chi connectivity index (χ3n) is 4.66. The molecule has 132 valence electrons. The minimum absolute atomic E-state index is 0.204. The van der Waals surface area contributed by atoms with Gasteiger partial charge in [-0.1, -0.05) is 0 Å². The number of benzene rings is 1. The molecule has 2 fully saturated rings. The predicted molar refractivity (Wildman–Crippen MR) is 86.0 cm³/mol. The number of ether oxygens (including phenoxy) is 1. The number of carbonyl (C=O) groups is 1. The number of rotatable bonds is 4. The van der Waals surface area contributed by atoms with E-state index < -0.39 is 11.6 Å². The first kappa shape index (κ1) is 17.3. The van der Waals surface area contributed by atoms with Gasteiger partial charge in [0.2, 0.25) is 0 Å². The summed E-state index contributed by atoms with van der Waals surface area (Å²) in [5, 5.41) is 0. The molecule has 1 amide bonds. The lowest BCUT2D eigenvalue weighted by Crippen LogP contribution is -2.51. The Kier molecular flexibility index (Phi) is 5.76. The minimum atomic E-state index is -0.981. The SMILES string of the molecule is O=C(c1ccc(F)c(F)c1)N1CCN(CCN2CCOCC2)CC1. The number of amides is 1. The average molecular weight is 339 g/mol. The predicted octanol–water partition coefficient (Wildman–Crippen LogP) is 1.05. The molecule has 0 aliphatic carbocycles. The van der Waals surface area contributed by atoms with Crippen molar-refractivity contribution in [2.75, 3.05) is 65.6 Å². The Balaban J connectivity index is 1.45. The first-order valence-corrected chi connectivity index (χ1v) is 8.40. The molecule has 7 heteroatoms. The van der Waals surface area contributed by atoms with Gasteiger partial charge in [0.15, 0.2) is 11.6 Å². The normalized spacial score (nSPS) is 20.3. The Morgan fingerprint density at radius 2 is 1.54 bits per heavy atom. The largest absolute Gasteiger partial charge is 0.379 e. The number of piperazine rings is 1. The highest BCUT2D eigenvalue weighted by Crippen LogP contribution is 2.13. The molecular weight excluding hydrogens is 316 g/mol. The van der Waals surface area contributed by atoms with Crippen LogP contribution in [0.4, 0.5) is 8.78 Å². The van der Waals surface area contributed by atoms with Crippen LogP contribution >= 0.6 is 0 Å². The van der Waals surface area contributed by atoms with Crippen molar-refractivity contribution in [1.82, 2.24) is 14.7 Å². The van der Waals surface area contributed by atoms with Crippen LogP contribution < -0.4 is 0 Å². The maximum atomic E-state index is 13.3. The van der Waals surface area contributed by atoms with Crippen molar-refractivity contribution < 1.29 is 18.3 Å². The Morgan fingerprint density at radius 1 is 0.917 bits per heavy atom. The fourth-order valence-electron chi connectivity index (χ4n) is 3.09. The summed E-state index contributed by atoms with van der Waals surface area (Å²) in [5.41, 5.74) is 0.204. The molecule has 1 aromatic carbocycles. The second-order valence-electron chi connectivity index (χ2n) is 6.22. The Morgan fingerprint density at radius 3 is 2.17 bits per heavy atom. The minimum Gasteiger partial charge on any atom is -0.379 e. The van der Waals surface area contributed by atoms with E-state index in [-0.39, 0.29) is 11.5 Å². The number of halogens is 2. The molecule has 24 heavy (non-hydrogen) atoms. The van der Waals surface area contributed by atoms with Crippen LogP contribution in [0, 0.1) is 11.6 Å². The summed E-state index contributed by atoms with van der Waals surface area (Å²) in [6.07, 6.45) is 0. The Bertz CT molecular complexity index is 571. The fraction of sp³-hybridized carbons (Fsp3) is 0.588. The van der Waals surface area contributed by atoms with Crippen molar-refractivity contribution in [2.45, 2.75) is 0 Å². The third kappa shape index (κ3) is 4.28. The van der Waals surface area contributed by atoms with E-state index in [9.17, 15) is 13.6 Å². The highest BCUT2D eigenvalue weighted by molar-refractivity contribution is 5.94. The van der Waals surface area contributed by atoms with Gasteiger partial charge in [-0.2, -0.15) is 0 Å². The summed E-state index contributed by atoms with van der Waals surface area (Å²) in [6.45, 7) is 8.39. The molecule has 2 heterocycles. The topological polar surface area (TPSA) is 36.0 Å². The van der Waals surface area contributed by atoms with E-state index in [4.69, 9.17) is 4.74 Å². The van der Waals surface area contributed by atoms with Gasteiger partial charge >= 0.3 is 0 Å². The molecule has 0 aromatic heterocycles. The summed E-state index contributed by atoms with van der Waals surface area (Å²) in [4.78, 5) is 18.8. The van der Waals surface area contributed by atoms with Gasteiger partial charge in [-0.15, -0.1) is 0 Å². The molecule has 0 radical (unpaired) electrons. The van der Waals surface area contributed by atoms with Gasteiger partial charge in [-0.25, -0.2) is 8.78 Å². The molecule has 0 unspecified atom stereocenters. The van der Waals surface area contributed by atoms with Crippen molar-refractivity contribution >= 4 is 5.91 Å². The van der Waals surface area contributed by atoms with Crippen molar-refractivity contribution in [3.63, 3.8) is 0 Å². The molecule has 0 saturated carbocycles. The van der Waals surface area contributed by atoms with Crippen molar-refractivity contribution in [3.05, 3.63) is 35.4 Å². The summed E-state index contributed by atoms with van der Waals surface area (Å²) in [6, 6.07) is 3.31. The van der Waals surface area contributed by atoms with E-state index in [1.165, 1.54) is 6.07 Å². The lowest BCUT2D eigenvalue weighted by atomic mass is 10.1. The lowest BCUT2D eigenvalue weighted by Gasteiger charge is -2.36. The number of morpholine rings is 1. The second-order valence-corrected chi connectivity index (χ2v) is 6.22. The standard InChI is InChI=1S/C17H23F2N3O2/c18-15-2-1-14(13-16(15)19)17(23)22-7-5-20(6-8-22)3-4-21-9-11-24-12-10-21/h1-2,13H,3-12H2. The maximum Gasteiger partial charge on any atom is 0.254 e. The van der Waals surface area contributed by atoms with Gasteiger partial charge in [0.1, 0.15) is 0 Å². The molecule has 0 bridgehead atoms. The van der Waals surface area contributed by atoms with Crippen LogP contribution in [0.3, 0.4) is 0 Å². The molecule has 5 nitrogen and oxygen atoms in total. The molecule has 0 N–H and O–H groups in total. The van der Waals surface area contributed by atoms with Gasteiger partial charge in [-0.05, 0) is 18.2 Å². The summed E-state index contributed by atoms with van der Waals surface area (Å²) < 4.78 is 31.6. The first-order valence-electron chi connectivity index (χ1n) is 8.40. The van der Waals surface area contributed by atoms with Crippen LogP contribution in [-0.2, 0) is 4.74 Å². The molecule has 0 atom stereocenters. The van der Waals surface area contributed by atoms with Crippen LogP contribution in [0.25, 0.3) is 0 Å². The van der Waals surface area contributed by atoms with Gasteiger partial charge in [-0.3, -0.25) is 14.6 Å². The van der Waals surface area contributed by atoms with E-state index in [1.54, 1.807) is 4.90 Å². The van der Waals surface area contributed by atoms with Crippen LogP contribution in [0.15, 0.2) is 18.2 Å². The van der Waals surface area contributed by atoms with Crippen molar-refractivity contribution in [2.24, 2.45) is 0 Å². The molecule has 2 aliphatic heterocycles. The van der Waals surface area contributed by atoms with Crippen LogP contribution in [0.1, 0.15) is 10.4 Å². The fourth-order valence-corrected chi connectivity index (χ4v) is 3.09. The summed E-state index contributed by atoms with van der Waals surface area (Å²) in [7, 11) is 0. The molecule has 2 aliphatic rings. The van der Waals surface area contributed by atoms with E-state index in [2.05, 4.69) is 9.80 Å².